The van der Waals surface area contributed by atoms with Crippen molar-refractivity contribution < 1.29 is 14.3 Å². The zero-order valence-corrected chi connectivity index (χ0v) is 12.2. The van der Waals surface area contributed by atoms with Crippen LogP contribution >= 0.6 is 0 Å². The van der Waals surface area contributed by atoms with Gasteiger partial charge in [0.1, 0.15) is 11.7 Å². The molecule has 3 nitrogen and oxygen atoms in total. The van der Waals surface area contributed by atoms with Gasteiger partial charge in [0.25, 0.3) is 0 Å². The zero-order valence-electron chi connectivity index (χ0n) is 12.2. The first kappa shape index (κ1) is 17.1. The van der Waals surface area contributed by atoms with Gasteiger partial charge >= 0.3 is 5.97 Å². The van der Waals surface area contributed by atoms with Crippen molar-refractivity contribution >= 4 is 11.8 Å². The third-order valence-corrected chi connectivity index (χ3v) is 3.21. The monoisotopic (exact) mass is 256 g/mol. The summed E-state index contributed by atoms with van der Waals surface area (Å²) in [6.07, 6.45) is 9.76. The third-order valence-electron chi connectivity index (χ3n) is 3.21. The second-order valence-electron chi connectivity index (χ2n) is 4.97. The maximum absolute atomic E-state index is 11.3. The summed E-state index contributed by atoms with van der Waals surface area (Å²) in [6, 6.07) is 0. The van der Waals surface area contributed by atoms with Gasteiger partial charge in [0.05, 0.1) is 6.61 Å². The number of ether oxygens (including phenoxy) is 1. The summed E-state index contributed by atoms with van der Waals surface area (Å²) in [6.45, 7) is 5.68. The van der Waals surface area contributed by atoms with Crippen LogP contribution < -0.4 is 0 Å². The Morgan fingerprint density at radius 1 is 0.944 bits per heavy atom. The lowest BCUT2D eigenvalue weighted by Gasteiger charge is -2.08. The van der Waals surface area contributed by atoms with E-state index in [0.717, 1.165) is 12.8 Å². The molecule has 0 aromatic carbocycles. The Hall–Kier alpha value is -0.860. The molecule has 0 aliphatic heterocycles. The van der Waals surface area contributed by atoms with Crippen LogP contribution in [0.5, 0.6) is 0 Å². The molecule has 106 valence electrons. The van der Waals surface area contributed by atoms with Crippen molar-refractivity contribution in [2.24, 2.45) is 5.92 Å². The third kappa shape index (κ3) is 9.20. The molecule has 0 saturated heterocycles. The number of hydrogen-bond acceptors (Lipinski definition) is 3. The summed E-state index contributed by atoms with van der Waals surface area (Å²) in [5, 5.41) is 0. The van der Waals surface area contributed by atoms with Crippen molar-refractivity contribution in [2.75, 3.05) is 6.61 Å². The SMILES string of the molecule is CCCCCCCCCCOC(=O)C(C)C(C)=O. The van der Waals surface area contributed by atoms with Gasteiger partial charge in [-0.15, -0.1) is 0 Å². The Morgan fingerprint density at radius 2 is 1.44 bits per heavy atom. The van der Waals surface area contributed by atoms with Crippen molar-refractivity contribution in [1.29, 1.82) is 0 Å². The van der Waals surface area contributed by atoms with Gasteiger partial charge in [0.2, 0.25) is 0 Å². The Balaban J connectivity index is 3.30. The van der Waals surface area contributed by atoms with E-state index in [0.29, 0.717) is 6.61 Å². The van der Waals surface area contributed by atoms with Gasteiger partial charge in [-0.05, 0) is 20.3 Å². The fraction of sp³-hybridized carbons (Fsp3) is 0.867. The van der Waals surface area contributed by atoms with Crippen LogP contribution in [-0.2, 0) is 14.3 Å². The maximum Gasteiger partial charge on any atom is 0.316 e. The van der Waals surface area contributed by atoms with E-state index in [2.05, 4.69) is 6.92 Å². The fourth-order valence-electron chi connectivity index (χ4n) is 1.70. The molecule has 1 atom stereocenters. The fourth-order valence-corrected chi connectivity index (χ4v) is 1.70. The largest absolute Gasteiger partial charge is 0.465 e. The van der Waals surface area contributed by atoms with Gasteiger partial charge in [-0.2, -0.15) is 0 Å². The number of rotatable bonds is 11. The number of ketones is 1. The van der Waals surface area contributed by atoms with Crippen molar-refractivity contribution in [3.8, 4) is 0 Å². The van der Waals surface area contributed by atoms with E-state index in [4.69, 9.17) is 4.74 Å². The molecule has 0 amide bonds. The van der Waals surface area contributed by atoms with Crippen LogP contribution in [0.25, 0.3) is 0 Å². The smallest absolute Gasteiger partial charge is 0.316 e. The molecule has 0 rings (SSSR count). The lowest BCUT2D eigenvalue weighted by Crippen LogP contribution is -2.21. The highest BCUT2D eigenvalue weighted by molar-refractivity contribution is 5.97. The first-order chi connectivity index (χ1) is 8.59. The van der Waals surface area contributed by atoms with Gasteiger partial charge in [-0.1, -0.05) is 51.9 Å². The van der Waals surface area contributed by atoms with Crippen molar-refractivity contribution in [3.05, 3.63) is 0 Å². The van der Waals surface area contributed by atoms with E-state index in [-0.39, 0.29) is 11.8 Å². The average molecular weight is 256 g/mol. The minimum atomic E-state index is -0.612. The van der Waals surface area contributed by atoms with Crippen LogP contribution in [0.15, 0.2) is 0 Å². The Kier molecular flexibility index (Phi) is 10.7. The van der Waals surface area contributed by atoms with E-state index < -0.39 is 5.92 Å². The summed E-state index contributed by atoms with van der Waals surface area (Å²) in [5.74, 6) is -1.12. The molecule has 0 radical (unpaired) electrons. The molecule has 1 unspecified atom stereocenters. The van der Waals surface area contributed by atoms with Gasteiger partial charge in [0, 0.05) is 0 Å². The molecule has 0 aliphatic rings. The van der Waals surface area contributed by atoms with Crippen molar-refractivity contribution in [1.82, 2.24) is 0 Å². The molecule has 0 saturated carbocycles. The van der Waals surface area contributed by atoms with Crippen molar-refractivity contribution in [3.63, 3.8) is 0 Å². The zero-order chi connectivity index (χ0) is 13.8. The topological polar surface area (TPSA) is 43.4 Å². The molecular formula is C15H28O3. The average Bonchev–Trinajstić information content (AvgIpc) is 2.35. The lowest BCUT2D eigenvalue weighted by atomic mass is 10.1. The van der Waals surface area contributed by atoms with Gasteiger partial charge < -0.3 is 4.74 Å². The van der Waals surface area contributed by atoms with E-state index in [1.807, 2.05) is 0 Å². The van der Waals surface area contributed by atoms with Gasteiger partial charge in [0.15, 0.2) is 0 Å². The highest BCUT2D eigenvalue weighted by Gasteiger charge is 2.18. The summed E-state index contributed by atoms with van der Waals surface area (Å²) in [5.41, 5.74) is 0. The molecule has 0 heterocycles. The minimum absolute atomic E-state index is 0.129. The Labute approximate surface area is 111 Å². The highest BCUT2D eigenvalue weighted by Crippen LogP contribution is 2.09. The van der Waals surface area contributed by atoms with E-state index in [1.54, 1.807) is 6.92 Å². The predicted molar refractivity (Wildman–Crippen MR) is 73.4 cm³/mol. The number of esters is 1. The summed E-state index contributed by atoms with van der Waals surface area (Å²) in [4.78, 5) is 22.3. The van der Waals surface area contributed by atoms with Crippen LogP contribution in [0.1, 0.15) is 72.1 Å². The molecule has 0 bridgehead atoms. The number of Topliss-reactive ketones (excluding diaryl/α,β-unsaturated/α-hetero) is 1. The second-order valence-corrected chi connectivity index (χ2v) is 4.97. The highest BCUT2D eigenvalue weighted by atomic mass is 16.5. The summed E-state index contributed by atoms with van der Waals surface area (Å²) < 4.78 is 5.05. The molecule has 0 aromatic heterocycles. The van der Waals surface area contributed by atoms with Crippen LogP contribution in [0, 0.1) is 5.92 Å². The van der Waals surface area contributed by atoms with E-state index >= 15 is 0 Å². The minimum Gasteiger partial charge on any atom is -0.465 e. The number of carbonyl (C=O) groups is 2. The van der Waals surface area contributed by atoms with Crippen LogP contribution in [0.4, 0.5) is 0 Å². The van der Waals surface area contributed by atoms with E-state index in [1.165, 1.54) is 45.4 Å². The van der Waals surface area contributed by atoms with Crippen LogP contribution in [0.3, 0.4) is 0 Å². The van der Waals surface area contributed by atoms with Gasteiger partial charge in [-0.3, -0.25) is 9.59 Å². The quantitative estimate of drug-likeness (QED) is 0.320. The first-order valence-corrected chi connectivity index (χ1v) is 7.26. The van der Waals surface area contributed by atoms with Crippen LogP contribution in [-0.4, -0.2) is 18.4 Å². The Bertz CT molecular complexity index is 236. The molecule has 3 heteroatoms. The van der Waals surface area contributed by atoms with E-state index in [9.17, 15) is 9.59 Å². The lowest BCUT2D eigenvalue weighted by molar-refractivity contribution is -0.150. The maximum atomic E-state index is 11.3. The molecule has 0 fully saturated rings. The molecule has 0 aromatic rings. The second kappa shape index (κ2) is 11.2. The number of carbonyl (C=O) groups excluding carboxylic acids is 2. The Morgan fingerprint density at radius 3 is 1.94 bits per heavy atom. The number of hydrogen-bond donors (Lipinski definition) is 0. The molecular weight excluding hydrogens is 228 g/mol. The first-order valence-electron chi connectivity index (χ1n) is 7.26. The normalized spacial score (nSPS) is 12.2. The molecule has 18 heavy (non-hydrogen) atoms. The predicted octanol–water partition coefficient (Wildman–Crippen LogP) is 3.90. The molecule has 0 spiro atoms. The molecule has 0 N–H and O–H groups in total. The van der Waals surface area contributed by atoms with Crippen molar-refractivity contribution in [2.45, 2.75) is 72.1 Å². The summed E-state index contributed by atoms with van der Waals surface area (Å²) >= 11 is 0. The standard InChI is InChI=1S/C15H28O3/c1-4-5-6-7-8-9-10-11-12-18-15(17)13(2)14(3)16/h13H,4-12H2,1-3H3. The molecule has 0 aliphatic carbocycles. The number of unbranched alkanes of at least 4 members (excludes halogenated alkanes) is 7. The summed E-state index contributed by atoms with van der Waals surface area (Å²) in [7, 11) is 0. The van der Waals surface area contributed by atoms with Gasteiger partial charge in [-0.25, -0.2) is 0 Å². The van der Waals surface area contributed by atoms with Crippen LogP contribution in [0.2, 0.25) is 0 Å².